The van der Waals surface area contributed by atoms with Crippen molar-refractivity contribution < 1.29 is 19.1 Å². The van der Waals surface area contributed by atoms with Crippen molar-refractivity contribution in [1.29, 1.82) is 0 Å². The van der Waals surface area contributed by atoms with Gasteiger partial charge in [-0.1, -0.05) is 30.3 Å². The number of carbonyl (C=O) groups excluding carboxylic acids is 1. The predicted molar refractivity (Wildman–Crippen MR) is 79.6 cm³/mol. The lowest BCUT2D eigenvalue weighted by molar-refractivity contribution is -0.136. The quantitative estimate of drug-likeness (QED) is 0.942. The molecule has 114 valence electrons. The Bertz CT molecular complexity index is 705. The minimum Gasteiger partial charge on any atom is -0.481 e. The normalized spacial score (nSPS) is 17.1. The number of benzene rings is 1. The van der Waals surface area contributed by atoms with E-state index in [0.717, 1.165) is 12.0 Å². The van der Waals surface area contributed by atoms with Crippen LogP contribution in [0.1, 0.15) is 39.7 Å². The molecule has 2 aromatic rings. The number of furan rings is 1. The fourth-order valence-corrected chi connectivity index (χ4v) is 2.85. The van der Waals surface area contributed by atoms with E-state index in [0.29, 0.717) is 17.7 Å². The van der Waals surface area contributed by atoms with E-state index >= 15 is 0 Å². The van der Waals surface area contributed by atoms with Crippen molar-refractivity contribution in [3.8, 4) is 0 Å². The van der Waals surface area contributed by atoms with E-state index in [9.17, 15) is 9.59 Å². The number of aliphatic carboxylic acids is 1. The second-order valence-corrected chi connectivity index (χ2v) is 5.50. The zero-order chi connectivity index (χ0) is 15.7. The number of carboxylic acid groups (broad SMARTS) is 1. The van der Waals surface area contributed by atoms with Crippen molar-refractivity contribution in [1.82, 2.24) is 4.90 Å². The van der Waals surface area contributed by atoms with Gasteiger partial charge in [-0.2, -0.15) is 0 Å². The Hall–Kier alpha value is -2.56. The van der Waals surface area contributed by atoms with Crippen LogP contribution in [0.2, 0.25) is 0 Å². The summed E-state index contributed by atoms with van der Waals surface area (Å²) < 4.78 is 5.26. The van der Waals surface area contributed by atoms with Crippen LogP contribution >= 0.6 is 0 Å². The van der Waals surface area contributed by atoms with Crippen LogP contribution in [0, 0.1) is 6.92 Å². The molecule has 1 aliphatic rings. The Kier molecular flexibility index (Phi) is 3.71. The maximum Gasteiger partial charge on any atom is 0.311 e. The number of aryl methyl sites for hydroxylation is 1. The Labute approximate surface area is 128 Å². The molecular formula is C17H17NO4. The highest BCUT2D eigenvalue weighted by molar-refractivity contribution is 5.98. The summed E-state index contributed by atoms with van der Waals surface area (Å²) in [6, 6.07) is 9.92. The van der Waals surface area contributed by atoms with Gasteiger partial charge in [0.05, 0.1) is 17.9 Å². The molecule has 1 fully saturated rings. The van der Waals surface area contributed by atoms with E-state index in [2.05, 4.69) is 0 Å². The van der Waals surface area contributed by atoms with E-state index in [4.69, 9.17) is 9.52 Å². The summed E-state index contributed by atoms with van der Waals surface area (Å²) in [6.07, 6.45) is 2.09. The summed E-state index contributed by atoms with van der Waals surface area (Å²) in [5.41, 5.74) is 2.17. The zero-order valence-electron chi connectivity index (χ0n) is 12.3. The van der Waals surface area contributed by atoms with Crippen molar-refractivity contribution in [2.24, 2.45) is 0 Å². The Balaban J connectivity index is 1.86. The second kappa shape index (κ2) is 5.67. The first-order valence-electron chi connectivity index (χ1n) is 7.22. The Morgan fingerprint density at radius 2 is 2.05 bits per heavy atom. The Morgan fingerprint density at radius 3 is 2.64 bits per heavy atom. The Morgan fingerprint density at radius 1 is 1.32 bits per heavy atom. The first kappa shape index (κ1) is 14.4. The molecule has 0 saturated carbocycles. The van der Waals surface area contributed by atoms with E-state index < -0.39 is 5.97 Å². The van der Waals surface area contributed by atoms with Crippen molar-refractivity contribution >= 4 is 11.9 Å². The van der Waals surface area contributed by atoms with Gasteiger partial charge >= 0.3 is 5.97 Å². The third-order valence-electron chi connectivity index (χ3n) is 4.04. The molecule has 1 N–H and O–H groups in total. The maximum absolute atomic E-state index is 12.8. The fourth-order valence-electron chi connectivity index (χ4n) is 2.85. The predicted octanol–water partition coefficient (Wildman–Crippen LogP) is 2.80. The summed E-state index contributed by atoms with van der Waals surface area (Å²) in [5, 5.41) is 8.94. The second-order valence-electron chi connectivity index (χ2n) is 5.50. The molecule has 5 heteroatoms. The van der Waals surface area contributed by atoms with Gasteiger partial charge in [-0.25, -0.2) is 0 Å². The minimum atomic E-state index is -1.01. The molecule has 1 aromatic carbocycles. The fraction of sp³-hybridized carbons (Fsp3) is 0.294. The molecule has 0 aliphatic carbocycles. The van der Waals surface area contributed by atoms with Gasteiger partial charge in [0.15, 0.2) is 0 Å². The average Bonchev–Trinajstić information content (AvgIpc) is 2.79. The van der Waals surface area contributed by atoms with E-state index in [-0.39, 0.29) is 24.1 Å². The van der Waals surface area contributed by atoms with Crippen LogP contribution in [0.4, 0.5) is 0 Å². The van der Waals surface area contributed by atoms with Crippen molar-refractivity contribution in [3.63, 3.8) is 0 Å². The number of likely N-dealkylation sites (tertiary alicyclic amines) is 1. The smallest absolute Gasteiger partial charge is 0.311 e. The topological polar surface area (TPSA) is 70.7 Å². The first-order valence-corrected chi connectivity index (χ1v) is 7.22. The van der Waals surface area contributed by atoms with Crippen LogP contribution < -0.4 is 0 Å². The van der Waals surface area contributed by atoms with E-state index in [1.807, 2.05) is 30.3 Å². The maximum atomic E-state index is 12.8. The SMILES string of the molecule is Cc1coc(CC(=O)O)c1C(=O)N1CCC1c1ccccc1. The van der Waals surface area contributed by atoms with Crippen molar-refractivity contribution in [2.75, 3.05) is 6.54 Å². The number of rotatable bonds is 4. The number of hydrogen-bond acceptors (Lipinski definition) is 3. The molecule has 0 bridgehead atoms. The molecule has 22 heavy (non-hydrogen) atoms. The standard InChI is InChI=1S/C17H17NO4/c1-11-10-22-14(9-15(19)20)16(11)17(21)18-8-7-13(18)12-5-3-2-4-6-12/h2-6,10,13H,7-9H2,1H3,(H,19,20). The molecule has 0 radical (unpaired) electrons. The van der Waals surface area contributed by atoms with Gasteiger partial charge in [0.25, 0.3) is 5.91 Å². The summed E-state index contributed by atoms with van der Waals surface area (Å²) in [7, 11) is 0. The minimum absolute atomic E-state index is 0.0562. The van der Waals surface area contributed by atoms with Crippen LogP contribution in [0.5, 0.6) is 0 Å². The monoisotopic (exact) mass is 299 g/mol. The molecular weight excluding hydrogens is 282 g/mol. The first-order chi connectivity index (χ1) is 10.6. The molecule has 3 rings (SSSR count). The lowest BCUT2D eigenvalue weighted by atomic mass is 9.93. The van der Waals surface area contributed by atoms with E-state index in [1.165, 1.54) is 6.26 Å². The van der Waals surface area contributed by atoms with Crippen molar-refractivity contribution in [3.05, 3.63) is 59.0 Å². The third-order valence-corrected chi connectivity index (χ3v) is 4.04. The number of carbonyl (C=O) groups is 2. The van der Waals surface area contributed by atoms with Crippen LogP contribution in [0.3, 0.4) is 0 Å². The third kappa shape index (κ3) is 2.50. The van der Waals surface area contributed by atoms with Gasteiger partial charge in [-0.15, -0.1) is 0 Å². The molecule has 1 saturated heterocycles. The molecule has 5 nitrogen and oxygen atoms in total. The molecule has 2 heterocycles. The number of carboxylic acids is 1. The number of amides is 1. The van der Waals surface area contributed by atoms with Gasteiger partial charge in [-0.3, -0.25) is 9.59 Å². The lowest BCUT2D eigenvalue weighted by Gasteiger charge is -2.41. The van der Waals surface area contributed by atoms with E-state index in [1.54, 1.807) is 11.8 Å². The molecule has 0 spiro atoms. The van der Waals surface area contributed by atoms with Crippen molar-refractivity contribution in [2.45, 2.75) is 25.8 Å². The highest BCUT2D eigenvalue weighted by Crippen LogP contribution is 2.35. The van der Waals surface area contributed by atoms with Crippen LogP contribution in [-0.2, 0) is 11.2 Å². The van der Waals surface area contributed by atoms with Gasteiger partial charge in [0, 0.05) is 12.1 Å². The zero-order valence-corrected chi connectivity index (χ0v) is 12.3. The highest BCUT2D eigenvalue weighted by atomic mass is 16.4. The van der Waals surface area contributed by atoms with Gasteiger partial charge in [-0.05, 0) is 18.9 Å². The largest absolute Gasteiger partial charge is 0.481 e. The molecule has 1 atom stereocenters. The summed E-state index contributed by atoms with van der Waals surface area (Å²) in [5.74, 6) is -0.928. The average molecular weight is 299 g/mol. The summed E-state index contributed by atoms with van der Waals surface area (Å²) in [4.78, 5) is 25.5. The summed E-state index contributed by atoms with van der Waals surface area (Å²) >= 11 is 0. The number of nitrogens with zero attached hydrogens (tertiary/aromatic N) is 1. The number of hydrogen-bond donors (Lipinski definition) is 1. The van der Waals surface area contributed by atoms with Gasteiger partial charge < -0.3 is 14.4 Å². The molecule has 1 aromatic heterocycles. The molecule has 1 amide bonds. The van der Waals surface area contributed by atoms with Crippen LogP contribution in [0.25, 0.3) is 0 Å². The summed E-state index contributed by atoms with van der Waals surface area (Å²) in [6.45, 7) is 2.44. The van der Waals surface area contributed by atoms with Gasteiger partial charge in [0.1, 0.15) is 12.2 Å². The van der Waals surface area contributed by atoms with Crippen LogP contribution in [0.15, 0.2) is 41.0 Å². The van der Waals surface area contributed by atoms with Crippen LogP contribution in [-0.4, -0.2) is 28.4 Å². The molecule has 1 aliphatic heterocycles. The highest BCUT2D eigenvalue weighted by Gasteiger charge is 2.36. The molecule has 1 unspecified atom stereocenters. The van der Waals surface area contributed by atoms with Gasteiger partial charge in [0.2, 0.25) is 0 Å². The lowest BCUT2D eigenvalue weighted by Crippen LogP contribution is -2.45.